The number of carbonyl (C=O) groups excluding carboxylic acids is 1. The molecule has 0 spiro atoms. The lowest BCUT2D eigenvalue weighted by Crippen LogP contribution is -2.10. The molecule has 0 aromatic carbocycles. The highest BCUT2D eigenvalue weighted by Crippen LogP contribution is 2.06. The van der Waals surface area contributed by atoms with E-state index in [9.17, 15) is 4.79 Å². The molecule has 0 unspecified atom stereocenters. The van der Waals surface area contributed by atoms with Crippen molar-refractivity contribution in [1.29, 1.82) is 0 Å². The first kappa shape index (κ1) is 9.45. The van der Waals surface area contributed by atoms with Gasteiger partial charge in [-0.1, -0.05) is 0 Å². The molecule has 2 heterocycles. The van der Waals surface area contributed by atoms with Gasteiger partial charge in [0.2, 0.25) is 0 Å². The van der Waals surface area contributed by atoms with Crippen molar-refractivity contribution < 1.29 is 4.79 Å². The normalized spacial score (nSPS) is 10.3. The monoisotopic (exact) mass is 205 g/mol. The highest BCUT2D eigenvalue weighted by Gasteiger charge is 2.08. The Labute approximate surface area is 86.5 Å². The number of aromatic nitrogens is 4. The lowest BCUT2D eigenvalue weighted by molar-refractivity contribution is 0.102. The fourth-order valence-electron chi connectivity index (χ4n) is 1.23. The summed E-state index contributed by atoms with van der Waals surface area (Å²) in [5.41, 5.74) is 1.20. The third-order valence-electron chi connectivity index (χ3n) is 1.93. The van der Waals surface area contributed by atoms with Crippen LogP contribution in [0.15, 0.2) is 24.8 Å². The molecule has 78 valence electrons. The standard InChI is InChI=1S/C9H11N5O/c1-13-5-7(3-10-13)9(15)12-8-4-11-14(2)6-8/h3-6H,1-2H3,(H,12,15). The molecule has 0 atom stereocenters. The minimum absolute atomic E-state index is 0.184. The fraction of sp³-hybridized carbons (Fsp3) is 0.222. The lowest BCUT2D eigenvalue weighted by atomic mass is 10.3. The second kappa shape index (κ2) is 3.56. The molecule has 0 saturated carbocycles. The van der Waals surface area contributed by atoms with Crippen molar-refractivity contribution in [2.75, 3.05) is 5.32 Å². The Balaban J connectivity index is 2.10. The summed E-state index contributed by atoms with van der Waals surface area (Å²) in [6, 6.07) is 0. The molecule has 6 nitrogen and oxygen atoms in total. The minimum atomic E-state index is -0.184. The van der Waals surface area contributed by atoms with Crippen LogP contribution in [0.4, 0.5) is 5.69 Å². The van der Waals surface area contributed by atoms with E-state index in [0.29, 0.717) is 11.3 Å². The van der Waals surface area contributed by atoms with Gasteiger partial charge in [0, 0.05) is 26.5 Å². The SMILES string of the molecule is Cn1cc(NC(=O)c2cnn(C)c2)cn1. The van der Waals surface area contributed by atoms with Crippen LogP contribution in [0.3, 0.4) is 0 Å². The Hall–Kier alpha value is -2.11. The Kier molecular flexibility index (Phi) is 2.24. The van der Waals surface area contributed by atoms with Crippen molar-refractivity contribution in [3.05, 3.63) is 30.4 Å². The van der Waals surface area contributed by atoms with Crippen LogP contribution in [-0.4, -0.2) is 25.5 Å². The molecule has 2 aromatic rings. The molecule has 2 rings (SSSR count). The van der Waals surface area contributed by atoms with Gasteiger partial charge in [0.05, 0.1) is 23.6 Å². The summed E-state index contributed by atoms with van der Waals surface area (Å²) >= 11 is 0. The Morgan fingerprint density at radius 1 is 1.20 bits per heavy atom. The van der Waals surface area contributed by atoms with Crippen molar-refractivity contribution in [3.8, 4) is 0 Å². The summed E-state index contributed by atoms with van der Waals surface area (Å²) in [7, 11) is 3.56. The molecule has 0 aliphatic carbocycles. The molecule has 15 heavy (non-hydrogen) atoms. The molecule has 2 aromatic heterocycles. The van der Waals surface area contributed by atoms with Crippen LogP contribution >= 0.6 is 0 Å². The summed E-state index contributed by atoms with van der Waals surface area (Å²) in [5, 5.41) is 10.6. The number of carbonyl (C=O) groups is 1. The van der Waals surface area contributed by atoms with E-state index in [0.717, 1.165) is 0 Å². The zero-order valence-corrected chi connectivity index (χ0v) is 8.51. The summed E-state index contributed by atoms with van der Waals surface area (Å²) in [6.07, 6.45) is 6.50. The molecule has 0 aliphatic heterocycles. The van der Waals surface area contributed by atoms with Gasteiger partial charge >= 0.3 is 0 Å². The first-order valence-corrected chi connectivity index (χ1v) is 4.44. The number of anilines is 1. The Morgan fingerprint density at radius 3 is 2.40 bits per heavy atom. The number of rotatable bonds is 2. The molecule has 0 fully saturated rings. The predicted octanol–water partition coefficient (Wildman–Crippen LogP) is 0.406. The van der Waals surface area contributed by atoms with Gasteiger partial charge in [-0.15, -0.1) is 0 Å². The van der Waals surface area contributed by atoms with Crippen LogP contribution in [0, 0.1) is 0 Å². The highest BCUT2D eigenvalue weighted by atomic mass is 16.1. The van der Waals surface area contributed by atoms with Gasteiger partial charge in [0.15, 0.2) is 0 Å². The van der Waals surface area contributed by atoms with Crippen LogP contribution in [0.5, 0.6) is 0 Å². The lowest BCUT2D eigenvalue weighted by Gasteiger charge is -1.97. The maximum atomic E-state index is 11.6. The third kappa shape index (κ3) is 2.04. The number of hydrogen-bond acceptors (Lipinski definition) is 3. The van der Waals surface area contributed by atoms with Crippen molar-refractivity contribution in [1.82, 2.24) is 19.6 Å². The van der Waals surface area contributed by atoms with E-state index in [4.69, 9.17) is 0 Å². The van der Waals surface area contributed by atoms with E-state index in [1.165, 1.54) is 6.20 Å². The van der Waals surface area contributed by atoms with E-state index in [1.807, 2.05) is 0 Å². The quantitative estimate of drug-likeness (QED) is 0.772. The number of aryl methyl sites for hydroxylation is 2. The number of nitrogens with one attached hydrogen (secondary N) is 1. The van der Waals surface area contributed by atoms with Crippen molar-refractivity contribution >= 4 is 11.6 Å². The average Bonchev–Trinajstić information content (AvgIpc) is 2.75. The molecule has 0 radical (unpaired) electrons. The van der Waals surface area contributed by atoms with Crippen molar-refractivity contribution in [2.24, 2.45) is 14.1 Å². The van der Waals surface area contributed by atoms with Crippen LogP contribution in [0.1, 0.15) is 10.4 Å². The van der Waals surface area contributed by atoms with E-state index in [1.54, 1.807) is 42.0 Å². The first-order valence-electron chi connectivity index (χ1n) is 4.44. The zero-order chi connectivity index (χ0) is 10.8. The largest absolute Gasteiger partial charge is 0.319 e. The van der Waals surface area contributed by atoms with Crippen LogP contribution < -0.4 is 5.32 Å². The van der Waals surface area contributed by atoms with Gasteiger partial charge < -0.3 is 5.32 Å². The van der Waals surface area contributed by atoms with Crippen molar-refractivity contribution in [3.63, 3.8) is 0 Å². The molecule has 0 aliphatic rings. The highest BCUT2D eigenvalue weighted by molar-refractivity contribution is 6.03. The fourth-order valence-corrected chi connectivity index (χ4v) is 1.23. The Bertz CT molecular complexity index is 484. The molecule has 0 bridgehead atoms. The van der Waals surface area contributed by atoms with Crippen molar-refractivity contribution in [2.45, 2.75) is 0 Å². The molecular weight excluding hydrogens is 194 g/mol. The van der Waals surface area contributed by atoms with Gasteiger partial charge in [-0.3, -0.25) is 14.2 Å². The molecule has 6 heteroatoms. The summed E-state index contributed by atoms with van der Waals surface area (Å²) < 4.78 is 3.21. The van der Waals surface area contributed by atoms with Gasteiger partial charge in [-0.05, 0) is 0 Å². The molecule has 0 saturated heterocycles. The number of hydrogen-bond donors (Lipinski definition) is 1. The average molecular weight is 205 g/mol. The summed E-state index contributed by atoms with van der Waals surface area (Å²) in [4.78, 5) is 11.6. The van der Waals surface area contributed by atoms with E-state index in [-0.39, 0.29) is 5.91 Å². The third-order valence-corrected chi connectivity index (χ3v) is 1.93. The molecular formula is C9H11N5O. The topological polar surface area (TPSA) is 64.7 Å². The maximum absolute atomic E-state index is 11.6. The van der Waals surface area contributed by atoms with E-state index < -0.39 is 0 Å². The van der Waals surface area contributed by atoms with Gasteiger partial charge in [-0.2, -0.15) is 10.2 Å². The van der Waals surface area contributed by atoms with Gasteiger partial charge in [0.1, 0.15) is 0 Å². The number of amides is 1. The summed E-state index contributed by atoms with van der Waals surface area (Å²) in [5.74, 6) is -0.184. The second-order valence-corrected chi connectivity index (χ2v) is 3.26. The molecule has 1 N–H and O–H groups in total. The van der Waals surface area contributed by atoms with Gasteiger partial charge in [0.25, 0.3) is 5.91 Å². The van der Waals surface area contributed by atoms with Gasteiger partial charge in [-0.25, -0.2) is 0 Å². The van der Waals surface area contributed by atoms with Crippen LogP contribution in [0.2, 0.25) is 0 Å². The minimum Gasteiger partial charge on any atom is -0.319 e. The second-order valence-electron chi connectivity index (χ2n) is 3.26. The zero-order valence-electron chi connectivity index (χ0n) is 8.51. The van der Waals surface area contributed by atoms with E-state index >= 15 is 0 Å². The first-order chi connectivity index (χ1) is 7.15. The van der Waals surface area contributed by atoms with Crippen LogP contribution in [0.25, 0.3) is 0 Å². The summed E-state index contributed by atoms with van der Waals surface area (Å²) in [6.45, 7) is 0. The smallest absolute Gasteiger partial charge is 0.258 e. The maximum Gasteiger partial charge on any atom is 0.258 e. The molecule has 1 amide bonds. The van der Waals surface area contributed by atoms with Crippen LogP contribution in [-0.2, 0) is 14.1 Å². The Morgan fingerprint density at radius 2 is 1.87 bits per heavy atom. The number of nitrogens with zero attached hydrogens (tertiary/aromatic N) is 4. The van der Waals surface area contributed by atoms with E-state index in [2.05, 4.69) is 15.5 Å². The predicted molar refractivity (Wildman–Crippen MR) is 54.4 cm³/mol.